The van der Waals surface area contributed by atoms with Crippen molar-refractivity contribution in [2.24, 2.45) is 5.92 Å². The van der Waals surface area contributed by atoms with Gasteiger partial charge in [-0.1, -0.05) is 13.0 Å². The monoisotopic (exact) mass is 385 g/mol. The van der Waals surface area contributed by atoms with Gasteiger partial charge >= 0.3 is 17.9 Å². The van der Waals surface area contributed by atoms with Crippen molar-refractivity contribution in [2.75, 3.05) is 4.90 Å². The summed E-state index contributed by atoms with van der Waals surface area (Å²) in [5, 5.41) is 0. The molecule has 1 unspecified atom stereocenters. The standard InChI is InChI=1S/C20H19NO7/c1-10-6-5-7-14-18(10)28-19-15(21(14)11(2)22)8-9-16(26-12(3)23)17(19)20(25)27-13(4)24/h5,7-10H,6H2,1-4H3. The summed E-state index contributed by atoms with van der Waals surface area (Å²) >= 11 is 0. The molecular formula is C20H19NO7. The first-order valence-electron chi connectivity index (χ1n) is 8.68. The fourth-order valence-electron chi connectivity index (χ4n) is 3.19. The Hall–Kier alpha value is -3.42. The molecule has 0 saturated heterocycles. The van der Waals surface area contributed by atoms with E-state index < -0.39 is 17.9 Å². The van der Waals surface area contributed by atoms with Gasteiger partial charge in [-0.25, -0.2) is 4.79 Å². The first-order chi connectivity index (χ1) is 13.2. The van der Waals surface area contributed by atoms with Crippen LogP contribution in [0.1, 0.15) is 44.5 Å². The normalized spacial score (nSPS) is 17.3. The quantitative estimate of drug-likeness (QED) is 0.438. The van der Waals surface area contributed by atoms with Gasteiger partial charge in [-0.05, 0) is 24.6 Å². The molecule has 1 aromatic rings. The zero-order chi connectivity index (χ0) is 20.6. The lowest BCUT2D eigenvalue weighted by Crippen LogP contribution is -2.35. The smallest absolute Gasteiger partial charge is 0.353 e. The van der Waals surface area contributed by atoms with E-state index in [4.69, 9.17) is 14.2 Å². The zero-order valence-corrected chi connectivity index (χ0v) is 15.9. The Morgan fingerprint density at radius 1 is 1.11 bits per heavy atom. The van der Waals surface area contributed by atoms with E-state index in [1.54, 1.807) is 6.08 Å². The Bertz CT molecular complexity index is 958. The summed E-state index contributed by atoms with van der Waals surface area (Å²) < 4.78 is 15.8. The number of amides is 1. The summed E-state index contributed by atoms with van der Waals surface area (Å²) in [5.41, 5.74) is 0.628. The molecule has 1 atom stereocenters. The molecule has 8 nitrogen and oxygen atoms in total. The van der Waals surface area contributed by atoms with E-state index >= 15 is 0 Å². The molecule has 0 aromatic heterocycles. The Labute approximate surface area is 161 Å². The van der Waals surface area contributed by atoms with Crippen LogP contribution in [-0.2, 0) is 19.1 Å². The molecule has 0 spiro atoms. The Balaban J connectivity index is 2.25. The molecule has 0 radical (unpaired) electrons. The fraction of sp³-hybridized carbons (Fsp3) is 0.300. The van der Waals surface area contributed by atoms with Crippen molar-refractivity contribution in [1.29, 1.82) is 0 Å². The Morgan fingerprint density at radius 3 is 2.43 bits per heavy atom. The molecule has 0 saturated carbocycles. The average Bonchev–Trinajstić information content (AvgIpc) is 2.58. The predicted octanol–water partition coefficient (Wildman–Crippen LogP) is 2.87. The molecule has 1 amide bonds. The first-order valence-corrected chi connectivity index (χ1v) is 8.68. The lowest BCUT2D eigenvalue weighted by atomic mass is 9.95. The zero-order valence-electron chi connectivity index (χ0n) is 15.9. The summed E-state index contributed by atoms with van der Waals surface area (Å²) in [6.07, 6.45) is 4.41. The van der Waals surface area contributed by atoms with Gasteiger partial charge in [-0.2, -0.15) is 0 Å². The van der Waals surface area contributed by atoms with Crippen molar-refractivity contribution in [3.63, 3.8) is 0 Å². The van der Waals surface area contributed by atoms with Crippen LogP contribution in [-0.4, -0.2) is 23.8 Å². The summed E-state index contributed by atoms with van der Waals surface area (Å²) in [6.45, 7) is 5.57. The SMILES string of the molecule is CC(=O)OC(=O)c1c(OC(C)=O)ccc2c1OC1=C(C=CCC1C)N2C(C)=O. The number of rotatable bonds is 2. The maximum Gasteiger partial charge on any atom is 0.353 e. The molecule has 0 bridgehead atoms. The number of allylic oxidation sites excluding steroid dienone is 3. The van der Waals surface area contributed by atoms with Crippen LogP contribution in [0.15, 0.2) is 35.7 Å². The lowest BCUT2D eigenvalue weighted by molar-refractivity contribution is -0.135. The molecule has 0 fully saturated rings. The van der Waals surface area contributed by atoms with E-state index in [-0.39, 0.29) is 34.6 Å². The van der Waals surface area contributed by atoms with Crippen molar-refractivity contribution >= 4 is 29.5 Å². The molecule has 8 heteroatoms. The molecule has 1 aliphatic heterocycles. The van der Waals surface area contributed by atoms with Crippen LogP contribution in [0.25, 0.3) is 0 Å². The maximum atomic E-state index is 12.6. The Morgan fingerprint density at radius 2 is 1.82 bits per heavy atom. The molecular weight excluding hydrogens is 366 g/mol. The van der Waals surface area contributed by atoms with Crippen LogP contribution < -0.4 is 14.4 Å². The minimum atomic E-state index is -1.04. The van der Waals surface area contributed by atoms with Crippen LogP contribution in [0.4, 0.5) is 5.69 Å². The molecule has 1 heterocycles. The highest BCUT2D eigenvalue weighted by Crippen LogP contribution is 2.47. The van der Waals surface area contributed by atoms with Crippen molar-refractivity contribution in [3.8, 4) is 11.5 Å². The molecule has 0 N–H and O–H groups in total. The minimum absolute atomic E-state index is 0.00102. The average molecular weight is 385 g/mol. The van der Waals surface area contributed by atoms with Crippen molar-refractivity contribution in [2.45, 2.75) is 34.1 Å². The molecule has 1 aliphatic carbocycles. The highest BCUT2D eigenvalue weighted by Gasteiger charge is 2.37. The van der Waals surface area contributed by atoms with Crippen LogP contribution in [0.5, 0.6) is 11.5 Å². The number of carbonyl (C=O) groups excluding carboxylic acids is 4. The summed E-state index contributed by atoms with van der Waals surface area (Å²) in [5.74, 6) is -2.49. The number of hydrogen-bond acceptors (Lipinski definition) is 7. The van der Waals surface area contributed by atoms with E-state index in [1.807, 2.05) is 13.0 Å². The van der Waals surface area contributed by atoms with Crippen LogP contribution in [0.2, 0.25) is 0 Å². The third-order valence-electron chi connectivity index (χ3n) is 4.27. The number of esters is 3. The predicted molar refractivity (Wildman–Crippen MR) is 97.6 cm³/mol. The number of hydrogen-bond donors (Lipinski definition) is 0. The number of carbonyl (C=O) groups is 4. The van der Waals surface area contributed by atoms with Gasteiger partial charge in [0.25, 0.3) is 0 Å². The van der Waals surface area contributed by atoms with Gasteiger partial charge in [-0.3, -0.25) is 19.3 Å². The van der Waals surface area contributed by atoms with Gasteiger partial charge in [0.05, 0.1) is 11.4 Å². The van der Waals surface area contributed by atoms with E-state index in [2.05, 4.69) is 0 Å². The second kappa shape index (κ2) is 7.30. The summed E-state index contributed by atoms with van der Waals surface area (Å²) in [4.78, 5) is 49.2. The number of nitrogens with zero attached hydrogens (tertiary/aromatic N) is 1. The van der Waals surface area contributed by atoms with Crippen LogP contribution >= 0.6 is 0 Å². The van der Waals surface area contributed by atoms with Crippen molar-refractivity contribution < 1.29 is 33.4 Å². The molecule has 1 aromatic carbocycles. The van der Waals surface area contributed by atoms with Crippen molar-refractivity contribution in [1.82, 2.24) is 0 Å². The first kappa shape index (κ1) is 19.3. The highest BCUT2D eigenvalue weighted by atomic mass is 16.6. The van der Waals surface area contributed by atoms with Crippen LogP contribution in [0.3, 0.4) is 0 Å². The van der Waals surface area contributed by atoms with Gasteiger partial charge in [-0.15, -0.1) is 0 Å². The van der Waals surface area contributed by atoms with Gasteiger partial charge in [0, 0.05) is 26.7 Å². The Kier molecular flexibility index (Phi) is 5.04. The van der Waals surface area contributed by atoms with Gasteiger partial charge in [0.15, 0.2) is 5.75 Å². The number of ether oxygens (including phenoxy) is 3. The molecule has 3 rings (SSSR count). The largest absolute Gasteiger partial charge is 0.456 e. The third-order valence-corrected chi connectivity index (χ3v) is 4.27. The van der Waals surface area contributed by atoms with Gasteiger partial charge in [0.1, 0.15) is 17.1 Å². The molecule has 146 valence electrons. The maximum absolute atomic E-state index is 12.6. The number of benzene rings is 1. The molecule has 28 heavy (non-hydrogen) atoms. The minimum Gasteiger partial charge on any atom is -0.456 e. The number of anilines is 1. The van der Waals surface area contributed by atoms with Crippen LogP contribution in [0, 0.1) is 5.92 Å². The fourth-order valence-corrected chi connectivity index (χ4v) is 3.19. The summed E-state index contributed by atoms with van der Waals surface area (Å²) in [6, 6.07) is 2.87. The second-order valence-corrected chi connectivity index (χ2v) is 6.51. The van der Waals surface area contributed by atoms with E-state index in [1.165, 1.54) is 30.9 Å². The molecule has 2 aliphatic rings. The van der Waals surface area contributed by atoms with Gasteiger partial charge in [0.2, 0.25) is 5.91 Å². The third kappa shape index (κ3) is 3.40. The topological polar surface area (TPSA) is 99.2 Å². The highest BCUT2D eigenvalue weighted by molar-refractivity contribution is 6.06. The van der Waals surface area contributed by atoms with E-state index in [9.17, 15) is 19.2 Å². The van der Waals surface area contributed by atoms with E-state index in [0.717, 1.165) is 6.92 Å². The second-order valence-electron chi connectivity index (χ2n) is 6.51. The van der Waals surface area contributed by atoms with E-state index in [0.29, 0.717) is 17.9 Å². The van der Waals surface area contributed by atoms with Gasteiger partial charge < -0.3 is 14.2 Å². The van der Waals surface area contributed by atoms with Crippen molar-refractivity contribution in [3.05, 3.63) is 41.3 Å². The summed E-state index contributed by atoms with van der Waals surface area (Å²) in [7, 11) is 0. The lowest BCUT2D eigenvalue weighted by Gasteiger charge is -2.36. The number of fused-ring (bicyclic) bond motifs is 1.